The van der Waals surface area contributed by atoms with E-state index in [0.717, 1.165) is 77.0 Å². The van der Waals surface area contributed by atoms with Crippen LogP contribution in [0.4, 0.5) is 0 Å². The molecule has 0 bridgehead atoms. The van der Waals surface area contributed by atoms with Gasteiger partial charge in [0.25, 0.3) is 0 Å². The highest BCUT2D eigenvalue weighted by Crippen LogP contribution is 2.21. The second kappa shape index (κ2) is 32.3. The first-order valence-corrected chi connectivity index (χ1v) is 19.3. The summed E-state index contributed by atoms with van der Waals surface area (Å²) in [5.74, 6) is -0.697. The maximum absolute atomic E-state index is 12.9. The van der Waals surface area contributed by atoms with Gasteiger partial charge in [-0.3, -0.25) is 14.4 Å². The largest absolute Gasteiger partial charge is 0.464 e. The van der Waals surface area contributed by atoms with E-state index in [2.05, 4.69) is 27.7 Å². The van der Waals surface area contributed by atoms with E-state index in [9.17, 15) is 14.4 Å². The summed E-state index contributed by atoms with van der Waals surface area (Å²) in [6.45, 7) is 9.43. The van der Waals surface area contributed by atoms with Crippen molar-refractivity contribution >= 4 is 17.8 Å². The van der Waals surface area contributed by atoms with Gasteiger partial charge in [0.1, 0.15) is 13.2 Å². The van der Waals surface area contributed by atoms with E-state index in [1.807, 2.05) is 0 Å². The summed E-state index contributed by atoms with van der Waals surface area (Å²) in [7, 11) is 0. The van der Waals surface area contributed by atoms with Crippen molar-refractivity contribution in [1.29, 1.82) is 0 Å². The Morgan fingerprint density at radius 3 is 1.13 bits per heavy atom. The van der Waals surface area contributed by atoms with Crippen LogP contribution >= 0.6 is 0 Å². The van der Waals surface area contributed by atoms with Gasteiger partial charge in [-0.2, -0.15) is 0 Å². The van der Waals surface area contributed by atoms with Crippen LogP contribution in [-0.4, -0.2) is 55.6 Å². The van der Waals surface area contributed by atoms with Crippen molar-refractivity contribution in [3.8, 4) is 0 Å². The fourth-order valence-corrected chi connectivity index (χ4v) is 5.95. The van der Waals surface area contributed by atoms with Crippen molar-refractivity contribution in [2.24, 2.45) is 17.6 Å². The number of ether oxygens (including phenoxy) is 2. The van der Waals surface area contributed by atoms with Crippen molar-refractivity contribution in [1.82, 2.24) is 4.90 Å². The summed E-state index contributed by atoms with van der Waals surface area (Å²) in [5.41, 5.74) is 5.66. The number of esters is 2. The Labute approximate surface area is 278 Å². The molecule has 0 heterocycles. The third-order valence-corrected chi connectivity index (χ3v) is 9.03. The summed E-state index contributed by atoms with van der Waals surface area (Å²) in [5, 5.41) is 0. The molecule has 45 heavy (non-hydrogen) atoms. The zero-order chi connectivity index (χ0) is 33.4. The number of rotatable bonds is 33. The second-order valence-electron chi connectivity index (χ2n) is 13.1. The van der Waals surface area contributed by atoms with E-state index in [4.69, 9.17) is 15.2 Å². The van der Waals surface area contributed by atoms with Crippen LogP contribution < -0.4 is 5.73 Å². The maximum atomic E-state index is 12.9. The molecule has 0 radical (unpaired) electrons. The molecule has 0 aliphatic rings. The zero-order valence-corrected chi connectivity index (χ0v) is 30.2. The molecular formula is C38H74N2O5. The van der Waals surface area contributed by atoms with Gasteiger partial charge >= 0.3 is 11.9 Å². The average molecular weight is 639 g/mol. The molecule has 0 aliphatic heterocycles. The fourth-order valence-electron chi connectivity index (χ4n) is 5.95. The molecule has 0 aliphatic carbocycles. The number of amides is 1. The van der Waals surface area contributed by atoms with Crippen molar-refractivity contribution < 1.29 is 23.9 Å². The quantitative estimate of drug-likeness (QED) is 0.0568. The van der Waals surface area contributed by atoms with Gasteiger partial charge in [-0.1, -0.05) is 156 Å². The van der Waals surface area contributed by atoms with Crippen molar-refractivity contribution in [2.75, 3.05) is 32.8 Å². The third kappa shape index (κ3) is 25.2. The maximum Gasteiger partial charge on any atom is 0.308 e. The SMILES string of the molecule is CCCCCCCCCCC(CCCC)C(=O)OCCN(CCOC(=O)C(CCCC)CCCCCCCCCC)C(=O)CN. The number of hydrogen-bond donors (Lipinski definition) is 1. The van der Waals surface area contributed by atoms with Gasteiger partial charge in [0.2, 0.25) is 5.91 Å². The van der Waals surface area contributed by atoms with Crippen LogP contribution in [0.2, 0.25) is 0 Å². The lowest BCUT2D eigenvalue weighted by Gasteiger charge is -2.23. The second-order valence-corrected chi connectivity index (χ2v) is 13.1. The van der Waals surface area contributed by atoms with E-state index in [1.54, 1.807) is 4.90 Å². The number of carbonyl (C=O) groups is 3. The summed E-state index contributed by atoms with van der Waals surface area (Å²) in [6.07, 6.45) is 27.5. The Morgan fingerprint density at radius 1 is 0.489 bits per heavy atom. The monoisotopic (exact) mass is 639 g/mol. The molecule has 0 aromatic rings. The first-order chi connectivity index (χ1) is 21.9. The lowest BCUT2D eigenvalue weighted by atomic mass is 9.95. The molecule has 0 spiro atoms. The minimum absolute atomic E-state index is 0.0780. The van der Waals surface area contributed by atoms with Gasteiger partial charge in [-0.25, -0.2) is 0 Å². The summed E-state index contributed by atoms with van der Waals surface area (Å²) >= 11 is 0. The molecule has 0 aromatic heterocycles. The van der Waals surface area contributed by atoms with Gasteiger partial charge in [0, 0.05) is 0 Å². The van der Waals surface area contributed by atoms with Crippen LogP contribution in [0.3, 0.4) is 0 Å². The smallest absolute Gasteiger partial charge is 0.308 e. The molecule has 7 nitrogen and oxygen atoms in total. The molecule has 2 N–H and O–H groups in total. The van der Waals surface area contributed by atoms with Crippen LogP contribution in [0.5, 0.6) is 0 Å². The average Bonchev–Trinajstić information content (AvgIpc) is 3.04. The molecule has 1 amide bonds. The molecule has 0 saturated heterocycles. The predicted molar refractivity (Wildman–Crippen MR) is 188 cm³/mol. The van der Waals surface area contributed by atoms with Crippen LogP contribution in [0.1, 0.15) is 182 Å². The minimum Gasteiger partial charge on any atom is -0.464 e. The number of nitrogens with two attached hydrogens (primary N) is 1. The summed E-state index contributed by atoms with van der Waals surface area (Å²) in [4.78, 5) is 39.9. The predicted octanol–water partition coefficient (Wildman–Crippen LogP) is 9.53. The standard InChI is InChI=1S/C38H74N2O5/c1-5-9-13-15-17-19-21-23-27-34(25-11-7-3)37(42)44-31-29-40(36(41)33-39)30-32-45-38(43)35(26-12-8-4)28-24-22-20-18-16-14-10-6-2/h34-35H,5-33,39H2,1-4H3. The Balaban J connectivity index is 4.61. The van der Waals surface area contributed by atoms with Crippen LogP contribution in [0, 0.1) is 11.8 Å². The normalized spacial score (nSPS) is 12.6. The summed E-state index contributed by atoms with van der Waals surface area (Å²) in [6, 6.07) is 0. The van der Waals surface area contributed by atoms with Crippen LogP contribution in [0.15, 0.2) is 0 Å². The number of unbranched alkanes of at least 4 members (excludes halogenated alkanes) is 16. The van der Waals surface area contributed by atoms with Gasteiger partial charge in [-0.05, 0) is 25.7 Å². The number of hydrogen-bond acceptors (Lipinski definition) is 6. The van der Waals surface area contributed by atoms with Gasteiger partial charge in [0.05, 0.1) is 31.5 Å². The van der Waals surface area contributed by atoms with Gasteiger partial charge < -0.3 is 20.1 Å². The Morgan fingerprint density at radius 2 is 0.800 bits per heavy atom. The topological polar surface area (TPSA) is 98.9 Å². The molecule has 0 saturated carbocycles. The number of carbonyl (C=O) groups excluding carboxylic acids is 3. The van der Waals surface area contributed by atoms with Crippen molar-refractivity contribution in [3.63, 3.8) is 0 Å². The molecule has 7 heteroatoms. The van der Waals surface area contributed by atoms with E-state index in [-0.39, 0.29) is 62.5 Å². The third-order valence-electron chi connectivity index (χ3n) is 9.03. The van der Waals surface area contributed by atoms with E-state index < -0.39 is 0 Å². The molecule has 0 rings (SSSR count). The van der Waals surface area contributed by atoms with E-state index in [1.165, 1.54) is 77.0 Å². The Bertz CT molecular complexity index is 652. The minimum atomic E-state index is -0.231. The van der Waals surface area contributed by atoms with E-state index >= 15 is 0 Å². The molecule has 266 valence electrons. The highest BCUT2D eigenvalue weighted by molar-refractivity contribution is 5.78. The molecule has 0 aromatic carbocycles. The van der Waals surface area contributed by atoms with Crippen LogP contribution in [-0.2, 0) is 23.9 Å². The van der Waals surface area contributed by atoms with Crippen LogP contribution in [0.25, 0.3) is 0 Å². The highest BCUT2D eigenvalue weighted by Gasteiger charge is 2.22. The molecular weight excluding hydrogens is 564 g/mol. The molecule has 2 atom stereocenters. The molecule has 0 fully saturated rings. The lowest BCUT2D eigenvalue weighted by Crippen LogP contribution is -2.41. The Kier molecular flexibility index (Phi) is 31.1. The Hall–Kier alpha value is -1.63. The highest BCUT2D eigenvalue weighted by atomic mass is 16.5. The molecule has 2 unspecified atom stereocenters. The first-order valence-electron chi connectivity index (χ1n) is 19.3. The zero-order valence-electron chi connectivity index (χ0n) is 30.2. The fraction of sp³-hybridized carbons (Fsp3) is 0.921. The van der Waals surface area contributed by atoms with Gasteiger partial charge in [-0.15, -0.1) is 0 Å². The summed E-state index contributed by atoms with van der Waals surface area (Å²) < 4.78 is 11.3. The van der Waals surface area contributed by atoms with Gasteiger partial charge in [0.15, 0.2) is 0 Å². The van der Waals surface area contributed by atoms with Crippen molar-refractivity contribution in [2.45, 2.75) is 182 Å². The first kappa shape index (κ1) is 43.4. The van der Waals surface area contributed by atoms with Crippen molar-refractivity contribution in [3.05, 3.63) is 0 Å². The number of nitrogens with zero attached hydrogens (tertiary/aromatic N) is 1. The lowest BCUT2D eigenvalue weighted by molar-refractivity contribution is -0.152. The van der Waals surface area contributed by atoms with E-state index in [0.29, 0.717) is 0 Å².